The van der Waals surface area contributed by atoms with Crippen molar-refractivity contribution in [3.63, 3.8) is 0 Å². The van der Waals surface area contributed by atoms with E-state index in [1.54, 1.807) is 18.2 Å². The van der Waals surface area contributed by atoms with Crippen LogP contribution in [0.4, 0.5) is 0 Å². The molecule has 0 aliphatic heterocycles. The molecule has 1 aliphatic carbocycles. The van der Waals surface area contributed by atoms with Gasteiger partial charge in [-0.1, -0.05) is 12.1 Å². The van der Waals surface area contributed by atoms with E-state index >= 15 is 0 Å². The molecule has 0 atom stereocenters. The first-order valence-electron chi connectivity index (χ1n) is 6.65. The van der Waals surface area contributed by atoms with Crippen LogP contribution in [0.5, 0.6) is 5.75 Å². The average Bonchev–Trinajstić information content (AvgIpc) is 3.26. The summed E-state index contributed by atoms with van der Waals surface area (Å²) in [6, 6.07) is 5.27. The van der Waals surface area contributed by atoms with Crippen molar-refractivity contribution in [1.82, 2.24) is 5.32 Å². The maximum absolute atomic E-state index is 11.7. The van der Waals surface area contributed by atoms with E-state index in [2.05, 4.69) is 21.2 Å². The van der Waals surface area contributed by atoms with E-state index in [9.17, 15) is 9.59 Å². The Morgan fingerprint density at radius 1 is 1.43 bits per heavy atom. The van der Waals surface area contributed by atoms with Crippen LogP contribution in [0.1, 0.15) is 18.4 Å². The molecule has 5 nitrogen and oxygen atoms in total. The molecule has 1 saturated carbocycles. The van der Waals surface area contributed by atoms with Gasteiger partial charge in [0.2, 0.25) is 0 Å². The summed E-state index contributed by atoms with van der Waals surface area (Å²) in [5.74, 6) is -0.142. The lowest BCUT2D eigenvalue weighted by molar-refractivity contribution is -0.131. The summed E-state index contributed by atoms with van der Waals surface area (Å²) in [5, 5.41) is 11.5. The third kappa shape index (κ3) is 5.23. The summed E-state index contributed by atoms with van der Waals surface area (Å²) in [4.78, 5) is 22.3. The van der Waals surface area contributed by atoms with Crippen molar-refractivity contribution in [1.29, 1.82) is 0 Å². The molecule has 112 valence electrons. The second kappa shape index (κ2) is 7.26. The fourth-order valence-electron chi connectivity index (χ4n) is 1.74. The van der Waals surface area contributed by atoms with Gasteiger partial charge in [-0.3, -0.25) is 4.79 Å². The number of carboxylic acids is 1. The smallest absolute Gasteiger partial charge is 0.328 e. The number of aliphatic carboxylic acids is 1. The van der Waals surface area contributed by atoms with Crippen molar-refractivity contribution in [3.05, 3.63) is 34.3 Å². The molecule has 1 fully saturated rings. The van der Waals surface area contributed by atoms with Crippen molar-refractivity contribution < 1.29 is 19.4 Å². The molecule has 0 bridgehead atoms. The monoisotopic (exact) mass is 353 g/mol. The van der Waals surface area contributed by atoms with Crippen molar-refractivity contribution in [2.24, 2.45) is 5.92 Å². The number of rotatable bonds is 7. The van der Waals surface area contributed by atoms with Gasteiger partial charge in [0.1, 0.15) is 5.75 Å². The van der Waals surface area contributed by atoms with Crippen molar-refractivity contribution in [2.75, 3.05) is 13.2 Å². The molecule has 1 aliphatic rings. The maximum atomic E-state index is 11.7. The molecule has 1 aromatic rings. The molecule has 1 amide bonds. The van der Waals surface area contributed by atoms with E-state index in [0.717, 1.165) is 6.08 Å². The van der Waals surface area contributed by atoms with Crippen LogP contribution in [0, 0.1) is 5.92 Å². The summed E-state index contributed by atoms with van der Waals surface area (Å²) in [5.41, 5.74) is 0.599. The van der Waals surface area contributed by atoms with Gasteiger partial charge in [0, 0.05) is 18.2 Å². The van der Waals surface area contributed by atoms with Crippen LogP contribution in [0.3, 0.4) is 0 Å². The van der Waals surface area contributed by atoms with Gasteiger partial charge in [0.25, 0.3) is 5.91 Å². The molecular weight excluding hydrogens is 338 g/mol. The molecule has 0 aromatic heterocycles. The zero-order valence-electron chi connectivity index (χ0n) is 11.3. The fraction of sp³-hybridized carbons (Fsp3) is 0.333. The summed E-state index contributed by atoms with van der Waals surface area (Å²) < 4.78 is 6.18. The second-order valence-corrected chi connectivity index (χ2v) is 5.72. The Hall–Kier alpha value is -1.82. The lowest BCUT2D eigenvalue weighted by Gasteiger charge is -2.11. The molecule has 1 aromatic carbocycles. The van der Waals surface area contributed by atoms with Gasteiger partial charge in [-0.2, -0.15) is 0 Å². The standard InChI is InChI=1S/C15H16BrNO4/c16-12-3-1-2-11(6-7-14(19)20)15(12)21-9-13(18)17-8-10-4-5-10/h1-3,6-7,10H,4-5,8-9H2,(H,17,18)(H,19,20). The first-order valence-corrected chi connectivity index (χ1v) is 7.44. The van der Waals surface area contributed by atoms with Gasteiger partial charge in [-0.25, -0.2) is 4.79 Å². The molecule has 0 spiro atoms. The van der Waals surface area contributed by atoms with Gasteiger partial charge in [0.15, 0.2) is 6.61 Å². The Morgan fingerprint density at radius 2 is 2.19 bits per heavy atom. The van der Waals surface area contributed by atoms with Gasteiger partial charge >= 0.3 is 5.97 Å². The summed E-state index contributed by atoms with van der Waals surface area (Å²) >= 11 is 3.34. The number of halogens is 1. The van der Waals surface area contributed by atoms with Gasteiger partial charge in [0.05, 0.1) is 4.47 Å². The zero-order valence-corrected chi connectivity index (χ0v) is 12.9. The Labute approximate surface area is 131 Å². The van der Waals surface area contributed by atoms with Crippen LogP contribution in [0.25, 0.3) is 6.08 Å². The highest BCUT2D eigenvalue weighted by atomic mass is 79.9. The normalized spacial score (nSPS) is 14.1. The molecular formula is C15H16BrNO4. The van der Waals surface area contributed by atoms with Gasteiger partial charge in [-0.05, 0) is 46.8 Å². The molecule has 0 radical (unpaired) electrons. The Balaban J connectivity index is 1.96. The number of carbonyl (C=O) groups is 2. The summed E-state index contributed by atoms with van der Waals surface area (Å²) in [6.45, 7) is 0.604. The third-order valence-electron chi connectivity index (χ3n) is 3.04. The first kappa shape index (κ1) is 15.6. The van der Waals surface area contributed by atoms with E-state index in [1.807, 2.05) is 0 Å². The van der Waals surface area contributed by atoms with Crippen LogP contribution < -0.4 is 10.1 Å². The van der Waals surface area contributed by atoms with E-state index in [-0.39, 0.29) is 12.5 Å². The van der Waals surface area contributed by atoms with Crippen molar-refractivity contribution in [2.45, 2.75) is 12.8 Å². The van der Waals surface area contributed by atoms with E-state index in [4.69, 9.17) is 9.84 Å². The lowest BCUT2D eigenvalue weighted by atomic mass is 10.2. The number of nitrogens with one attached hydrogen (secondary N) is 1. The topological polar surface area (TPSA) is 75.6 Å². The number of benzene rings is 1. The zero-order chi connectivity index (χ0) is 15.2. The number of carbonyl (C=O) groups excluding carboxylic acids is 1. The number of ether oxygens (including phenoxy) is 1. The summed E-state index contributed by atoms with van der Waals surface area (Å²) in [6.07, 6.45) is 4.82. The average molecular weight is 354 g/mol. The SMILES string of the molecule is O=C(O)C=Cc1cccc(Br)c1OCC(=O)NCC1CC1. The predicted octanol–water partition coefficient (Wildman–Crippen LogP) is 2.45. The highest BCUT2D eigenvalue weighted by Crippen LogP contribution is 2.30. The van der Waals surface area contributed by atoms with Crippen LogP contribution >= 0.6 is 15.9 Å². The first-order chi connectivity index (χ1) is 10.1. The fourth-order valence-corrected chi connectivity index (χ4v) is 2.23. The third-order valence-corrected chi connectivity index (χ3v) is 3.66. The van der Waals surface area contributed by atoms with Crippen molar-refractivity contribution in [3.8, 4) is 5.75 Å². The molecule has 2 rings (SSSR count). The molecule has 0 heterocycles. The maximum Gasteiger partial charge on any atom is 0.328 e. The number of amides is 1. The molecule has 0 saturated heterocycles. The van der Waals surface area contributed by atoms with Crippen LogP contribution in [-0.2, 0) is 9.59 Å². The van der Waals surface area contributed by atoms with Gasteiger partial charge in [-0.15, -0.1) is 0 Å². The second-order valence-electron chi connectivity index (χ2n) is 4.87. The minimum Gasteiger partial charge on any atom is -0.482 e. The quantitative estimate of drug-likeness (QED) is 0.738. The minimum absolute atomic E-state index is 0.0940. The predicted molar refractivity (Wildman–Crippen MR) is 82.0 cm³/mol. The van der Waals surface area contributed by atoms with Crippen LogP contribution in [0.2, 0.25) is 0 Å². The highest BCUT2D eigenvalue weighted by Gasteiger charge is 2.21. The van der Waals surface area contributed by atoms with Crippen LogP contribution in [-0.4, -0.2) is 30.1 Å². The largest absolute Gasteiger partial charge is 0.482 e. The van der Waals surface area contributed by atoms with E-state index in [0.29, 0.717) is 28.2 Å². The Bertz CT molecular complexity index is 567. The number of carboxylic acid groups (broad SMARTS) is 1. The van der Waals surface area contributed by atoms with Crippen LogP contribution in [0.15, 0.2) is 28.7 Å². The van der Waals surface area contributed by atoms with Crippen molar-refractivity contribution >= 4 is 33.9 Å². The van der Waals surface area contributed by atoms with Gasteiger partial charge < -0.3 is 15.2 Å². The minimum atomic E-state index is -1.04. The number of para-hydroxylation sites is 1. The van der Waals surface area contributed by atoms with E-state index < -0.39 is 5.97 Å². The Morgan fingerprint density at radius 3 is 2.86 bits per heavy atom. The Kier molecular flexibility index (Phi) is 5.38. The lowest BCUT2D eigenvalue weighted by Crippen LogP contribution is -2.30. The summed E-state index contributed by atoms with van der Waals surface area (Å²) in [7, 11) is 0. The number of hydrogen-bond donors (Lipinski definition) is 2. The molecule has 6 heteroatoms. The van der Waals surface area contributed by atoms with E-state index in [1.165, 1.54) is 18.9 Å². The molecule has 2 N–H and O–H groups in total. The molecule has 0 unspecified atom stereocenters. The number of hydrogen-bond acceptors (Lipinski definition) is 3. The molecule has 21 heavy (non-hydrogen) atoms. The highest BCUT2D eigenvalue weighted by molar-refractivity contribution is 9.10.